The van der Waals surface area contributed by atoms with Crippen LogP contribution in [-0.2, 0) is 0 Å². The SMILES string of the molecule is CN(CC(=O)c1ccc[nH]1)CC1CCNCC1.Cl. The van der Waals surface area contributed by atoms with Gasteiger partial charge in [-0.15, -0.1) is 12.4 Å². The summed E-state index contributed by atoms with van der Waals surface area (Å²) in [4.78, 5) is 17.0. The number of carbonyl (C=O) groups is 1. The number of rotatable bonds is 5. The number of piperidine rings is 1. The van der Waals surface area contributed by atoms with Gasteiger partial charge in [-0.25, -0.2) is 0 Å². The van der Waals surface area contributed by atoms with Crippen molar-refractivity contribution in [3.05, 3.63) is 24.0 Å². The summed E-state index contributed by atoms with van der Waals surface area (Å²) in [6.45, 7) is 3.75. The van der Waals surface area contributed by atoms with Gasteiger partial charge in [-0.3, -0.25) is 9.69 Å². The van der Waals surface area contributed by atoms with Crippen LogP contribution in [0.15, 0.2) is 18.3 Å². The van der Waals surface area contributed by atoms with Crippen molar-refractivity contribution in [1.82, 2.24) is 15.2 Å². The van der Waals surface area contributed by atoms with Crippen LogP contribution in [-0.4, -0.2) is 48.9 Å². The number of nitrogens with zero attached hydrogens (tertiary/aromatic N) is 1. The first kappa shape index (κ1) is 15.2. The number of hydrogen-bond acceptors (Lipinski definition) is 3. The Labute approximate surface area is 115 Å². The molecular formula is C13H22ClN3O. The van der Waals surface area contributed by atoms with Crippen LogP contribution in [0.2, 0.25) is 0 Å². The largest absolute Gasteiger partial charge is 0.359 e. The summed E-state index contributed by atoms with van der Waals surface area (Å²) in [6, 6.07) is 3.70. The van der Waals surface area contributed by atoms with Crippen molar-refractivity contribution in [2.24, 2.45) is 5.92 Å². The van der Waals surface area contributed by atoms with E-state index in [1.54, 1.807) is 6.20 Å². The predicted molar refractivity (Wildman–Crippen MR) is 75.5 cm³/mol. The van der Waals surface area contributed by atoms with E-state index in [1.807, 2.05) is 19.2 Å². The highest BCUT2D eigenvalue weighted by Crippen LogP contribution is 2.12. The Morgan fingerprint density at radius 2 is 2.17 bits per heavy atom. The second-order valence-electron chi connectivity index (χ2n) is 4.90. The molecule has 1 saturated heterocycles. The molecule has 1 aromatic rings. The molecule has 0 unspecified atom stereocenters. The van der Waals surface area contributed by atoms with Crippen molar-refractivity contribution >= 4 is 18.2 Å². The number of aromatic nitrogens is 1. The lowest BCUT2D eigenvalue weighted by molar-refractivity contribution is 0.0929. The average Bonchev–Trinajstić information content (AvgIpc) is 2.83. The minimum absolute atomic E-state index is 0. The molecule has 1 aliphatic heterocycles. The van der Waals surface area contributed by atoms with Crippen LogP contribution in [0.1, 0.15) is 23.3 Å². The second-order valence-corrected chi connectivity index (χ2v) is 4.90. The lowest BCUT2D eigenvalue weighted by Gasteiger charge is -2.27. The van der Waals surface area contributed by atoms with Crippen LogP contribution in [0, 0.1) is 5.92 Å². The fraction of sp³-hybridized carbons (Fsp3) is 0.615. The normalized spacial score (nSPS) is 16.6. The van der Waals surface area contributed by atoms with E-state index in [0.29, 0.717) is 12.2 Å². The smallest absolute Gasteiger partial charge is 0.192 e. The maximum Gasteiger partial charge on any atom is 0.192 e. The van der Waals surface area contributed by atoms with Crippen molar-refractivity contribution in [2.45, 2.75) is 12.8 Å². The molecule has 0 atom stereocenters. The zero-order valence-electron chi connectivity index (χ0n) is 10.8. The Hall–Kier alpha value is -0.840. The molecule has 1 aliphatic rings. The number of carbonyl (C=O) groups excluding carboxylic acids is 1. The molecule has 18 heavy (non-hydrogen) atoms. The Morgan fingerprint density at radius 1 is 1.44 bits per heavy atom. The first-order chi connectivity index (χ1) is 8.25. The molecular weight excluding hydrogens is 250 g/mol. The molecule has 2 N–H and O–H groups in total. The molecule has 5 heteroatoms. The molecule has 0 aliphatic carbocycles. The highest BCUT2D eigenvalue weighted by Gasteiger charge is 2.17. The van der Waals surface area contributed by atoms with Crippen LogP contribution in [0.25, 0.3) is 0 Å². The summed E-state index contributed by atoms with van der Waals surface area (Å²) < 4.78 is 0. The van der Waals surface area contributed by atoms with Gasteiger partial charge in [0.05, 0.1) is 12.2 Å². The van der Waals surface area contributed by atoms with E-state index in [-0.39, 0.29) is 18.2 Å². The molecule has 0 saturated carbocycles. The molecule has 0 spiro atoms. The van der Waals surface area contributed by atoms with Crippen LogP contribution < -0.4 is 5.32 Å². The molecule has 0 aromatic carbocycles. The first-order valence-electron chi connectivity index (χ1n) is 6.31. The Bertz CT molecular complexity index is 347. The molecule has 2 rings (SSSR count). The molecule has 0 amide bonds. The summed E-state index contributed by atoms with van der Waals surface area (Å²) in [5.41, 5.74) is 0.710. The number of likely N-dealkylation sites (N-methyl/N-ethyl adjacent to an activating group) is 1. The number of hydrogen-bond donors (Lipinski definition) is 2. The van der Waals surface area contributed by atoms with Crippen molar-refractivity contribution in [3.8, 4) is 0 Å². The zero-order chi connectivity index (χ0) is 12.1. The highest BCUT2D eigenvalue weighted by molar-refractivity contribution is 5.95. The first-order valence-corrected chi connectivity index (χ1v) is 6.31. The van der Waals surface area contributed by atoms with Gasteiger partial charge in [-0.2, -0.15) is 0 Å². The molecule has 2 heterocycles. The monoisotopic (exact) mass is 271 g/mol. The quantitative estimate of drug-likeness (QED) is 0.799. The number of aromatic amines is 1. The fourth-order valence-corrected chi connectivity index (χ4v) is 2.40. The van der Waals surface area contributed by atoms with E-state index in [1.165, 1.54) is 12.8 Å². The molecule has 1 fully saturated rings. The Balaban J connectivity index is 0.00000162. The topological polar surface area (TPSA) is 48.1 Å². The average molecular weight is 272 g/mol. The standard InChI is InChI=1S/C13H21N3O.ClH/c1-16(9-11-4-7-14-8-5-11)10-13(17)12-3-2-6-15-12;/h2-3,6,11,14-15H,4-5,7-10H2,1H3;1H. The van der Waals surface area contributed by atoms with E-state index in [2.05, 4.69) is 15.2 Å². The number of nitrogens with one attached hydrogen (secondary N) is 2. The van der Waals surface area contributed by atoms with E-state index in [4.69, 9.17) is 0 Å². The third-order valence-electron chi connectivity index (χ3n) is 3.34. The summed E-state index contributed by atoms with van der Waals surface area (Å²) in [5.74, 6) is 0.907. The minimum atomic E-state index is 0. The Kier molecular flexibility index (Phi) is 6.39. The number of ketones is 1. The van der Waals surface area contributed by atoms with Gasteiger partial charge < -0.3 is 10.3 Å². The van der Waals surface area contributed by atoms with E-state index >= 15 is 0 Å². The Morgan fingerprint density at radius 3 is 2.78 bits per heavy atom. The summed E-state index contributed by atoms with van der Waals surface area (Å²) >= 11 is 0. The summed E-state index contributed by atoms with van der Waals surface area (Å²) in [5, 5.41) is 3.36. The van der Waals surface area contributed by atoms with Crippen LogP contribution in [0.4, 0.5) is 0 Å². The summed E-state index contributed by atoms with van der Waals surface area (Å²) in [6.07, 6.45) is 4.24. The van der Waals surface area contributed by atoms with Gasteiger partial charge in [0.1, 0.15) is 0 Å². The number of Topliss-reactive ketones (excluding diaryl/α,β-unsaturated/α-hetero) is 1. The van der Waals surface area contributed by atoms with Crippen molar-refractivity contribution in [3.63, 3.8) is 0 Å². The highest BCUT2D eigenvalue weighted by atomic mass is 35.5. The molecule has 0 radical (unpaired) electrons. The lowest BCUT2D eigenvalue weighted by Crippen LogP contribution is -2.36. The number of halogens is 1. The molecule has 102 valence electrons. The van der Waals surface area contributed by atoms with Crippen LogP contribution in [0.5, 0.6) is 0 Å². The van der Waals surface area contributed by atoms with Gasteiger partial charge in [0.2, 0.25) is 0 Å². The molecule has 0 bridgehead atoms. The van der Waals surface area contributed by atoms with Crippen LogP contribution in [0.3, 0.4) is 0 Å². The van der Waals surface area contributed by atoms with Gasteiger partial charge in [0.15, 0.2) is 5.78 Å². The fourth-order valence-electron chi connectivity index (χ4n) is 2.40. The van der Waals surface area contributed by atoms with Gasteiger partial charge in [-0.1, -0.05) is 0 Å². The van der Waals surface area contributed by atoms with Crippen molar-refractivity contribution in [2.75, 3.05) is 33.2 Å². The molecule has 1 aromatic heterocycles. The third-order valence-corrected chi connectivity index (χ3v) is 3.34. The summed E-state index contributed by atoms with van der Waals surface area (Å²) in [7, 11) is 2.03. The molecule has 4 nitrogen and oxygen atoms in total. The second kappa shape index (κ2) is 7.56. The van der Waals surface area contributed by atoms with E-state index < -0.39 is 0 Å². The number of H-pyrrole nitrogens is 1. The maximum atomic E-state index is 11.9. The van der Waals surface area contributed by atoms with Crippen LogP contribution >= 0.6 is 12.4 Å². The van der Waals surface area contributed by atoms with E-state index in [0.717, 1.165) is 25.6 Å². The van der Waals surface area contributed by atoms with E-state index in [9.17, 15) is 4.79 Å². The van der Waals surface area contributed by atoms with Gasteiger partial charge in [-0.05, 0) is 51.0 Å². The van der Waals surface area contributed by atoms with Gasteiger partial charge >= 0.3 is 0 Å². The third kappa shape index (κ3) is 4.44. The predicted octanol–water partition coefficient (Wildman–Crippen LogP) is 1.55. The maximum absolute atomic E-state index is 11.9. The van der Waals surface area contributed by atoms with Crippen molar-refractivity contribution in [1.29, 1.82) is 0 Å². The van der Waals surface area contributed by atoms with Gasteiger partial charge in [0.25, 0.3) is 0 Å². The lowest BCUT2D eigenvalue weighted by atomic mass is 9.97. The zero-order valence-corrected chi connectivity index (χ0v) is 11.6. The van der Waals surface area contributed by atoms with Gasteiger partial charge in [0, 0.05) is 12.7 Å². The minimum Gasteiger partial charge on any atom is -0.359 e. The van der Waals surface area contributed by atoms with Crippen molar-refractivity contribution < 1.29 is 4.79 Å².